The summed E-state index contributed by atoms with van der Waals surface area (Å²) in [5, 5.41) is 5.04. The van der Waals surface area contributed by atoms with Gasteiger partial charge < -0.3 is 10.1 Å². The molecule has 1 heterocycles. The smallest absolute Gasteiger partial charge is 0.394 e. The number of nitrogens with zero attached hydrogens (tertiary/aromatic N) is 1. The van der Waals surface area contributed by atoms with Crippen LogP contribution in [0.1, 0.15) is 19.3 Å². The lowest BCUT2D eigenvalue weighted by Gasteiger charge is -2.09. The standard InChI is InChI=1S/C16H21ClN2OS.H2O4S/c17-13-4-5-14-15(12-13)19-8-6-16(14)20-10-3-1-2-7-18-9-11-21;1-5(2,3)4/h4-6,8,12,18,21H,1-3,7,9-11H2;(H2,1,2,3,4). The van der Waals surface area contributed by atoms with Gasteiger partial charge in [0.05, 0.1) is 12.1 Å². The number of benzene rings is 1. The van der Waals surface area contributed by atoms with E-state index in [2.05, 4.69) is 22.9 Å². The molecule has 7 nitrogen and oxygen atoms in total. The van der Waals surface area contributed by atoms with Crippen molar-refractivity contribution >= 4 is 45.5 Å². The second kappa shape index (κ2) is 12.3. The molecule has 0 bridgehead atoms. The van der Waals surface area contributed by atoms with Crippen molar-refractivity contribution in [3.05, 3.63) is 35.5 Å². The zero-order valence-corrected chi connectivity index (χ0v) is 16.6. The maximum atomic E-state index is 8.74. The number of ether oxygens (including phenoxy) is 1. The van der Waals surface area contributed by atoms with Crippen LogP contribution in [0.2, 0.25) is 5.02 Å². The topological polar surface area (TPSA) is 109 Å². The third kappa shape index (κ3) is 10.8. The van der Waals surface area contributed by atoms with Gasteiger partial charge in [-0.2, -0.15) is 21.0 Å². The van der Waals surface area contributed by atoms with E-state index in [9.17, 15) is 0 Å². The van der Waals surface area contributed by atoms with E-state index in [1.807, 2.05) is 24.3 Å². The molecule has 10 heteroatoms. The Balaban J connectivity index is 0.000000597. The molecule has 0 aliphatic rings. The van der Waals surface area contributed by atoms with Gasteiger partial charge in [0.2, 0.25) is 0 Å². The van der Waals surface area contributed by atoms with E-state index in [0.29, 0.717) is 5.02 Å². The number of hydrogen-bond acceptors (Lipinski definition) is 6. The summed E-state index contributed by atoms with van der Waals surface area (Å²) in [5.41, 5.74) is 0.871. The fraction of sp³-hybridized carbons (Fsp3) is 0.438. The predicted molar refractivity (Wildman–Crippen MR) is 107 cm³/mol. The van der Waals surface area contributed by atoms with Crippen molar-refractivity contribution in [3.8, 4) is 5.75 Å². The van der Waals surface area contributed by atoms with Gasteiger partial charge in [-0.25, -0.2) is 0 Å². The SMILES string of the molecule is O=S(=O)(O)O.SCCNCCCCCOc1ccnc2cc(Cl)ccc12. The van der Waals surface area contributed by atoms with Gasteiger partial charge >= 0.3 is 10.4 Å². The number of nitrogens with one attached hydrogen (secondary N) is 1. The minimum atomic E-state index is -4.67. The molecular formula is C16H23ClN2O5S2. The molecule has 0 saturated carbocycles. The number of hydrogen-bond donors (Lipinski definition) is 4. The lowest BCUT2D eigenvalue weighted by molar-refractivity contribution is 0.308. The number of pyridine rings is 1. The van der Waals surface area contributed by atoms with Gasteiger partial charge in [-0.1, -0.05) is 11.6 Å². The molecule has 2 aromatic rings. The molecule has 0 aliphatic carbocycles. The molecule has 0 unspecified atom stereocenters. The van der Waals surface area contributed by atoms with Crippen molar-refractivity contribution in [1.29, 1.82) is 0 Å². The second-order valence-corrected chi connectivity index (χ2v) is 7.08. The van der Waals surface area contributed by atoms with Crippen molar-refractivity contribution < 1.29 is 22.3 Å². The Bertz CT molecular complexity index is 766. The van der Waals surface area contributed by atoms with Crippen LogP contribution in [-0.4, -0.2) is 48.0 Å². The van der Waals surface area contributed by atoms with Gasteiger partial charge in [0, 0.05) is 28.9 Å². The average Bonchev–Trinajstić information content (AvgIpc) is 2.55. The Kier molecular flexibility index (Phi) is 10.9. The maximum absolute atomic E-state index is 8.74. The van der Waals surface area contributed by atoms with Crippen LogP contribution in [0.3, 0.4) is 0 Å². The number of rotatable bonds is 9. The Morgan fingerprint density at radius 1 is 1.15 bits per heavy atom. The van der Waals surface area contributed by atoms with Crippen LogP contribution in [0.25, 0.3) is 10.9 Å². The highest BCUT2D eigenvalue weighted by molar-refractivity contribution is 7.80. The first-order valence-electron chi connectivity index (χ1n) is 8.00. The highest BCUT2D eigenvalue weighted by Crippen LogP contribution is 2.26. The third-order valence-corrected chi connectivity index (χ3v) is 3.67. The number of unbranched alkanes of at least 4 members (excludes halogenated alkanes) is 2. The van der Waals surface area contributed by atoms with Crippen LogP contribution < -0.4 is 10.1 Å². The number of thiol groups is 1. The molecule has 2 rings (SSSR count). The van der Waals surface area contributed by atoms with Gasteiger partial charge in [0.15, 0.2) is 0 Å². The van der Waals surface area contributed by atoms with E-state index in [4.69, 9.17) is 33.9 Å². The number of fused-ring (bicyclic) bond motifs is 1. The summed E-state index contributed by atoms with van der Waals surface area (Å²) in [6, 6.07) is 7.59. The van der Waals surface area contributed by atoms with Gasteiger partial charge in [-0.05, 0) is 50.1 Å². The van der Waals surface area contributed by atoms with Crippen molar-refractivity contribution in [3.63, 3.8) is 0 Å². The van der Waals surface area contributed by atoms with E-state index in [0.717, 1.165) is 54.9 Å². The Morgan fingerprint density at radius 2 is 1.88 bits per heavy atom. The van der Waals surface area contributed by atoms with Crippen LogP contribution >= 0.6 is 24.2 Å². The average molecular weight is 423 g/mol. The maximum Gasteiger partial charge on any atom is 0.394 e. The zero-order valence-electron chi connectivity index (χ0n) is 14.1. The molecule has 0 fully saturated rings. The molecule has 1 aromatic carbocycles. The highest BCUT2D eigenvalue weighted by Gasteiger charge is 2.03. The van der Waals surface area contributed by atoms with Gasteiger partial charge in [0.1, 0.15) is 5.75 Å². The third-order valence-electron chi connectivity index (χ3n) is 3.21. The molecule has 0 amide bonds. The van der Waals surface area contributed by atoms with Crippen molar-refractivity contribution in [2.75, 3.05) is 25.4 Å². The van der Waals surface area contributed by atoms with Gasteiger partial charge in [-0.15, -0.1) is 0 Å². The number of aromatic nitrogens is 1. The van der Waals surface area contributed by atoms with Gasteiger partial charge in [-0.3, -0.25) is 14.1 Å². The van der Waals surface area contributed by atoms with Crippen molar-refractivity contribution in [2.24, 2.45) is 0 Å². The monoisotopic (exact) mass is 422 g/mol. The molecule has 0 atom stereocenters. The highest BCUT2D eigenvalue weighted by atomic mass is 35.5. The summed E-state index contributed by atoms with van der Waals surface area (Å²) in [5.74, 6) is 1.77. The van der Waals surface area contributed by atoms with Crippen molar-refractivity contribution in [1.82, 2.24) is 10.3 Å². The Hall–Kier alpha value is -1.10. The van der Waals surface area contributed by atoms with E-state index >= 15 is 0 Å². The fourth-order valence-electron chi connectivity index (χ4n) is 2.14. The minimum absolute atomic E-state index is 0.695. The Labute approximate surface area is 164 Å². The van der Waals surface area contributed by atoms with Crippen molar-refractivity contribution in [2.45, 2.75) is 19.3 Å². The first kappa shape index (κ1) is 22.9. The molecule has 0 radical (unpaired) electrons. The van der Waals surface area contributed by atoms with Crippen LogP contribution in [-0.2, 0) is 10.4 Å². The summed E-state index contributed by atoms with van der Waals surface area (Å²) in [7, 11) is -4.67. The quantitative estimate of drug-likeness (QED) is 0.279. The van der Waals surface area contributed by atoms with Crippen LogP contribution in [0.15, 0.2) is 30.5 Å². The van der Waals surface area contributed by atoms with E-state index in [1.54, 1.807) is 6.20 Å². The lowest BCUT2D eigenvalue weighted by Crippen LogP contribution is -2.17. The van der Waals surface area contributed by atoms with E-state index in [-0.39, 0.29) is 0 Å². The van der Waals surface area contributed by atoms with Gasteiger partial charge in [0.25, 0.3) is 0 Å². The Morgan fingerprint density at radius 3 is 2.58 bits per heavy atom. The molecule has 3 N–H and O–H groups in total. The summed E-state index contributed by atoms with van der Waals surface area (Å²) >= 11 is 10.1. The second-order valence-electron chi connectivity index (χ2n) is 5.30. The lowest BCUT2D eigenvalue weighted by atomic mass is 10.2. The summed E-state index contributed by atoms with van der Waals surface area (Å²) in [6.07, 6.45) is 5.15. The molecule has 0 saturated heterocycles. The summed E-state index contributed by atoms with van der Waals surface area (Å²) in [6.45, 7) is 2.76. The molecule has 146 valence electrons. The van der Waals surface area contributed by atoms with E-state index < -0.39 is 10.4 Å². The predicted octanol–water partition coefficient (Wildman–Crippen LogP) is 3.30. The molecule has 0 aliphatic heterocycles. The minimum Gasteiger partial charge on any atom is -0.493 e. The molecule has 0 spiro atoms. The zero-order chi connectivity index (χ0) is 19.4. The first-order chi connectivity index (χ1) is 12.3. The fourth-order valence-corrected chi connectivity index (χ4v) is 2.46. The van der Waals surface area contributed by atoms with E-state index in [1.165, 1.54) is 6.42 Å². The normalized spacial score (nSPS) is 11.1. The number of halogens is 1. The molecular weight excluding hydrogens is 400 g/mol. The van der Waals surface area contributed by atoms with Crippen LogP contribution in [0, 0.1) is 0 Å². The summed E-state index contributed by atoms with van der Waals surface area (Å²) < 4.78 is 37.5. The summed E-state index contributed by atoms with van der Waals surface area (Å²) in [4.78, 5) is 4.31. The van der Waals surface area contributed by atoms with Crippen LogP contribution in [0.4, 0.5) is 0 Å². The molecule has 26 heavy (non-hydrogen) atoms. The molecule has 1 aromatic heterocycles. The largest absolute Gasteiger partial charge is 0.493 e. The van der Waals surface area contributed by atoms with Crippen LogP contribution in [0.5, 0.6) is 5.75 Å². The first-order valence-corrected chi connectivity index (χ1v) is 10.4.